The normalized spacial score (nSPS) is 10.5. The van der Waals surface area contributed by atoms with Crippen molar-refractivity contribution in [1.82, 2.24) is 9.97 Å². The first kappa shape index (κ1) is 18.1. The van der Waals surface area contributed by atoms with Crippen molar-refractivity contribution >= 4 is 0 Å². The zero-order valence-electron chi connectivity index (χ0n) is 14.7. The van der Waals surface area contributed by atoms with E-state index < -0.39 is 0 Å². The quantitative estimate of drug-likeness (QED) is 0.527. The predicted octanol–water partition coefficient (Wildman–Crippen LogP) is 5.70. The standard InChI is InChI=1S/C21H27N3/c1-2-3-4-5-6-7-8-9-10-18-11-13-19(14-12-18)20-16-23-21(15-22)24-17-20/h11-14,16-17H,2-10H2,1H3. The van der Waals surface area contributed by atoms with Crippen molar-refractivity contribution in [2.24, 2.45) is 0 Å². The molecule has 0 saturated heterocycles. The van der Waals surface area contributed by atoms with Gasteiger partial charge in [-0.2, -0.15) is 5.26 Å². The second-order valence-corrected chi connectivity index (χ2v) is 6.33. The van der Waals surface area contributed by atoms with Crippen LogP contribution in [0.25, 0.3) is 11.1 Å². The highest BCUT2D eigenvalue weighted by Gasteiger charge is 2.01. The summed E-state index contributed by atoms with van der Waals surface area (Å²) < 4.78 is 0. The smallest absolute Gasteiger partial charge is 0.227 e. The number of hydrogen-bond donors (Lipinski definition) is 0. The minimum Gasteiger partial charge on any atom is -0.227 e. The first-order valence-electron chi connectivity index (χ1n) is 9.15. The Morgan fingerprint density at radius 2 is 1.38 bits per heavy atom. The van der Waals surface area contributed by atoms with Gasteiger partial charge in [0.15, 0.2) is 0 Å². The molecule has 1 aromatic heterocycles. The van der Waals surface area contributed by atoms with Crippen LogP contribution in [0.2, 0.25) is 0 Å². The lowest BCUT2D eigenvalue weighted by Crippen LogP contribution is -1.90. The number of unbranched alkanes of at least 4 members (excludes halogenated alkanes) is 7. The van der Waals surface area contributed by atoms with Gasteiger partial charge in [-0.1, -0.05) is 76.1 Å². The van der Waals surface area contributed by atoms with Crippen LogP contribution in [-0.4, -0.2) is 9.97 Å². The minimum absolute atomic E-state index is 0.213. The van der Waals surface area contributed by atoms with Crippen LogP contribution in [0.4, 0.5) is 0 Å². The molecule has 0 saturated carbocycles. The van der Waals surface area contributed by atoms with Crippen molar-refractivity contribution in [3.63, 3.8) is 0 Å². The Morgan fingerprint density at radius 1 is 0.792 bits per heavy atom. The molecule has 0 aliphatic rings. The van der Waals surface area contributed by atoms with Crippen molar-refractivity contribution < 1.29 is 0 Å². The van der Waals surface area contributed by atoms with Gasteiger partial charge in [0, 0.05) is 18.0 Å². The van der Waals surface area contributed by atoms with Gasteiger partial charge in [-0.3, -0.25) is 0 Å². The molecule has 0 spiro atoms. The lowest BCUT2D eigenvalue weighted by molar-refractivity contribution is 0.575. The predicted molar refractivity (Wildman–Crippen MR) is 98.5 cm³/mol. The van der Waals surface area contributed by atoms with Gasteiger partial charge < -0.3 is 0 Å². The van der Waals surface area contributed by atoms with E-state index in [4.69, 9.17) is 5.26 Å². The summed E-state index contributed by atoms with van der Waals surface area (Å²) in [5.41, 5.74) is 3.44. The van der Waals surface area contributed by atoms with Crippen LogP contribution < -0.4 is 0 Å². The zero-order chi connectivity index (χ0) is 17.0. The molecule has 24 heavy (non-hydrogen) atoms. The molecule has 3 heteroatoms. The van der Waals surface area contributed by atoms with Gasteiger partial charge in [0.05, 0.1) is 0 Å². The van der Waals surface area contributed by atoms with Crippen LogP contribution >= 0.6 is 0 Å². The van der Waals surface area contributed by atoms with Crippen LogP contribution in [0.15, 0.2) is 36.7 Å². The summed E-state index contributed by atoms with van der Waals surface area (Å²) in [5.74, 6) is 0.213. The highest BCUT2D eigenvalue weighted by molar-refractivity contribution is 5.61. The Labute approximate surface area is 145 Å². The Morgan fingerprint density at radius 3 is 1.96 bits per heavy atom. The van der Waals surface area contributed by atoms with E-state index in [-0.39, 0.29) is 5.82 Å². The summed E-state index contributed by atoms with van der Waals surface area (Å²) in [7, 11) is 0. The van der Waals surface area contributed by atoms with Gasteiger partial charge in [-0.25, -0.2) is 9.97 Å². The lowest BCUT2D eigenvalue weighted by Gasteiger charge is -2.05. The van der Waals surface area contributed by atoms with Gasteiger partial charge in [0.1, 0.15) is 6.07 Å². The first-order chi connectivity index (χ1) is 11.8. The fraction of sp³-hybridized carbons (Fsp3) is 0.476. The highest BCUT2D eigenvalue weighted by Crippen LogP contribution is 2.19. The third kappa shape index (κ3) is 6.12. The van der Waals surface area contributed by atoms with Gasteiger partial charge in [0.25, 0.3) is 0 Å². The molecule has 0 bridgehead atoms. The Kier molecular flexibility index (Phi) is 7.97. The van der Waals surface area contributed by atoms with Crippen molar-refractivity contribution in [3.05, 3.63) is 48.0 Å². The maximum Gasteiger partial charge on any atom is 0.232 e. The van der Waals surface area contributed by atoms with Crippen molar-refractivity contribution in [3.8, 4) is 17.2 Å². The van der Waals surface area contributed by atoms with Gasteiger partial charge >= 0.3 is 0 Å². The zero-order valence-corrected chi connectivity index (χ0v) is 14.7. The molecule has 0 amide bonds. The minimum atomic E-state index is 0.213. The molecular weight excluding hydrogens is 294 g/mol. The van der Waals surface area contributed by atoms with Crippen LogP contribution in [0.5, 0.6) is 0 Å². The van der Waals surface area contributed by atoms with Crippen LogP contribution in [0.3, 0.4) is 0 Å². The van der Waals surface area contributed by atoms with Gasteiger partial charge in [-0.05, 0) is 24.0 Å². The summed E-state index contributed by atoms with van der Waals surface area (Å²) in [5, 5.41) is 8.73. The van der Waals surface area contributed by atoms with E-state index in [1.807, 2.05) is 6.07 Å². The number of nitriles is 1. The Hall–Kier alpha value is -2.21. The summed E-state index contributed by atoms with van der Waals surface area (Å²) in [6, 6.07) is 10.6. The average molecular weight is 321 g/mol. The second-order valence-electron chi connectivity index (χ2n) is 6.33. The molecular formula is C21H27N3. The fourth-order valence-electron chi connectivity index (χ4n) is 2.86. The molecule has 2 rings (SSSR count). The third-order valence-corrected chi connectivity index (χ3v) is 4.36. The highest BCUT2D eigenvalue weighted by atomic mass is 14.9. The number of aromatic nitrogens is 2. The number of nitrogens with zero attached hydrogens (tertiary/aromatic N) is 3. The summed E-state index contributed by atoms with van der Waals surface area (Å²) in [6.45, 7) is 2.26. The van der Waals surface area contributed by atoms with Crippen molar-refractivity contribution in [2.75, 3.05) is 0 Å². The van der Waals surface area contributed by atoms with Crippen molar-refractivity contribution in [2.45, 2.75) is 64.7 Å². The molecule has 1 heterocycles. The van der Waals surface area contributed by atoms with Crippen molar-refractivity contribution in [1.29, 1.82) is 5.26 Å². The molecule has 2 aromatic rings. The topological polar surface area (TPSA) is 49.6 Å². The summed E-state index contributed by atoms with van der Waals surface area (Å²) in [4.78, 5) is 8.04. The molecule has 0 radical (unpaired) electrons. The number of hydrogen-bond acceptors (Lipinski definition) is 3. The Bertz CT molecular complexity index is 624. The molecule has 0 unspecified atom stereocenters. The van der Waals surface area contributed by atoms with E-state index in [1.165, 1.54) is 56.9 Å². The van der Waals surface area contributed by atoms with E-state index in [9.17, 15) is 0 Å². The molecule has 0 fully saturated rings. The fourth-order valence-corrected chi connectivity index (χ4v) is 2.86. The molecule has 126 valence electrons. The summed E-state index contributed by atoms with van der Waals surface area (Å²) >= 11 is 0. The van der Waals surface area contributed by atoms with Crippen LogP contribution in [0.1, 0.15) is 69.7 Å². The maximum absolute atomic E-state index is 8.73. The van der Waals surface area contributed by atoms with Crippen LogP contribution in [-0.2, 0) is 6.42 Å². The second kappa shape index (κ2) is 10.5. The van der Waals surface area contributed by atoms with Crippen LogP contribution in [0, 0.1) is 11.3 Å². The Balaban J connectivity index is 1.71. The molecule has 1 aromatic carbocycles. The molecule has 0 atom stereocenters. The average Bonchev–Trinajstić information content (AvgIpc) is 2.64. The third-order valence-electron chi connectivity index (χ3n) is 4.36. The van der Waals surface area contributed by atoms with E-state index in [1.54, 1.807) is 12.4 Å². The molecule has 3 nitrogen and oxygen atoms in total. The number of aryl methyl sites for hydroxylation is 1. The number of benzene rings is 1. The monoisotopic (exact) mass is 321 g/mol. The van der Waals surface area contributed by atoms with E-state index in [2.05, 4.69) is 41.2 Å². The van der Waals surface area contributed by atoms with Gasteiger partial charge in [0.2, 0.25) is 5.82 Å². The molecule has 0 aliphatic carbocycles. The van der Waals surface area contributed by atoms with Gasteiger partial charge in [-0.15, -0.1) is 0 Å². The SMILES string of the molecule is CCCCCCCCCCc1ccc(-c2cnc(C#N)nc2)cc1. The van der Waals surface area contributed by atoms with E-state index in [0.29, 0.717) is 0 Å². The molecule has 0 N–H and O–H groups in total. The largest absolute Gasteiger partial charge is 0.232 e. The van der Waals surface area contributed by atoms with E-state index >= 15 is 0 Å². The molecule has 0 aliphatic heterocycles. The van der Waals surface area contributed by atoms with E-state index in [0.717, 1.165) is 17.5 Å². The number of rotatable bonds is 10. The first-order valence-corrected chi connectivity index (χ1v) is 9.15. The maximum atomic E-state index is 8.73. The summed E-state index contributed by atoms with van der Waals surface area (Å²) in [6.07, 6.45) is 15.4. The lowest BCUT2D eigenvalue weighted by atomic mass is 10.0.